The van der Waals surface area contributed by atoms with Gasteiger partial charge in [-0.15, -0.1) is 0 Å². The minimum absolute atomic E-state index is 0.336. The lowest BCUT2D eigenvalue weighted by Gasteiger charge is -2.05. The molecule has 0 unspecified atom stereocenters. The smallest absolute Gasteiger partial charge is 0.358 e. The number of hydrogen-bond acceptors (Lipinski definition) is 4. The lowest BCUT2D eigenvalue weighted by atomic mass is 10.1. The summed E-state index contributed by atoms with van der Waals surface area (Å²) in [6.45, 7) is 2.02. The quantitative estimate of drug-likeness (QED) is 0.870. The monoisotopic (exact) mass is 271 g/mol. The number of aryl methyl sites for hydroxylation is 1. The molecule has 1 aromatic heterocycles. The Bertz CT molecular complexity index is 655. The molecule has 1 aliphatic rings. The van der Waals surface area contributed by atoms with Gasteiger partial charge in [-0.2, -0.15) is 5.10 Å². The molecule has 5 heteroatoms. The predicted molar refractivity (Wildman–Crippen MR) is 76.0 cm³/mol. The second kappa shape index (κ2) is 4.67. The molecule has 1 aliphatic carbocycles. The van der Waals surface area contributed by atoms with Crippen LogP contribution in [-0.4, -0.2) is 22.9 Å². The first-order chi connectivity index (χ1) is 9.61. The van der Waals surface area contributed by atoms with Crippen molar-refractivity contribution >= 4 is 11.8 Å². The van der Waals surface area contributed by atoms with Crippen LogP contribution in [0, 0.1) is 6.92 Å². The molecule has 1 heterocycles. The van der Waals surface area contributed by atoms with E-state index in [0.717, 1.165) is 29.7 Å². The zero-order valence-corrected chi connectivity index (χ0v) is 11.6. The standard InChI is InChI=1S/C15H17N3O2/c1-9-3-7-11(8-4-9)18-14(16)12(10-5-6-10)13(17-18)15(19)20-2/h3-4,7-8,10H,5-6,16H2,1-2H3. The summed E-state index contributed by atoms with van der Waals surface area (Å²) in [6, 6.07) is 7.86. The first-order valence-electron chi connectivity index (χ1n) is 6.65. The lowest BCUT2D eigenvalue weighted by molar-refractivity contribution is 0.0592. The SMILES string of the molecule is COC(=O)c1nn(-c2ccc(C)cc2)c(N)c1C1CC1. The van der Waals surface area contributed by atoms with Crippen molar-refractivity contribution in [3.8, 4) is 5.69 Å². The highest BCUT2D eigenvalue weighted by molar-refractivity contribution is 5.91. The highest BCUT2D eigenvalue weighted by Crippen LogP contribution is 2.45. The summed E-state index contributed by atoms with van der Waals surface area (Å²) in [5.74, 6) is 0.449. The third-order valence-electron chi connectivity index (χ3n) is 3.60. The van der Waals surface area contributed by atoms with Gasteiger partial charge in [-0.3, -0.25) is 0 Å². The number of carbonyl (C=O) groups excluding carboxylic acids is 1. The number of methoxy groups -OCH3 is 1. The number of nitrogens with zero attached hydrogens (tertiary/aromatic N) is 2. The van der Waals surface area contributed by atoms with E-state index in [2.05, 4.69) is 5.10 Å². The number of rotatable bonds is 3. The lowest BCUT2D eigenvalue weighted by Crippen LogP contribution is -2.06. The molecule has 0 amide bonds. The van der Waals surface area contributed by atoms with Crippen LogP contribution in [0.4, 0.5) is 5.82 Å². The summed E-state index contributed by atoms with van der Waals surface area (Å²) in [5, 5.41) is 4.36. The molecule has 0 atom stereocenters. The highest BCUT2D eigenvalue weighted by atomic mass is 16.5. The van der Waals surface area contributed by atoms with Gasteiger partial charge in [0, 0.05) is 5.56 Å². The van der Waals surface area contributed by atoms with E-state index in [1.807, 2.05) is 31.2 Å². The largest absolute Gasteiger partial charge is 0.464 e. The number of esters is 1. The molecule has 2 N–H and O–H groups in total. The van der Waals surface area contributed by atoms with E-state index in [4.69, 9.17) is 10.5 Å². The van der Waals surface area contributed by atoms with E-state index in [9.17, 15) is 4.79 Å². The molecule has 1 aromatic carbocycles. The molecule has 104 valence electrons. The summed E-state index contributed by atoms with van der Waals surface area (Å²) in [6.07, 6.45) is 2.10. The van der Waals surface area contributed by atoms with Gasteiger partial charge in [0.15, 0.2) is 5.69 Å². The number of nitrogen functional groups attached to an aromatic ring is 1. The van der Waals surface area contributed by atoms with Gasteiger partial charge in [-0.05, 0) is 37.8 Å². The van der Waals surface area contributed by atoms with Crippen molar-refractivity contribution in [1.82, 2.24) is 9.78 Å². The maximum Gasteiger partial charge on any atom is 0.358 e. The zero-order valence-electron chi connectivity index (χ0n) is 11.6. The molecule has 0 aliphatic heterocycles. The number of nitrogens with two attached hydrogens (primary N) is 1. The van der Waals surface area contributed by atoms with E-state index in [0.29, 0.717) is 17.4 Å². The Kier molecular flexibility index (Phi) is 2.97. The average molecular weight is 271 g/mol. The summed E-state index contributed by atoms with van der Waals surface area (Å²) < 4.78 is 6.43. The van der Waals surface area contributed by atoms with Gasteiger partial charge in [-0.25, -0.2) is 9.48 Å². The molecule has 3 rings (SSSR count). The molecule has 0 saturated heterocycles. The molecule has 20 heavy (non-hydrogen) atoms. The first-order valence-corrected chi connectivity index (χ1v) is 6.65. The van der Waals surface area contributed by atoms with E-state index < -0.39 is 5.97 Å². The van der Waals surface area contributed by atoms with Gasteiger partial charge in [0.2, 0.25) is 0 Å². The van der Waals surface area contributed by atoms with E-state index in [1.165, 1.54) is 7.11 Å². The van der Waals surface area contributed by atoms with Gasteiger partial charge >= 0.3 is 5.97 Å². The maximum atomic E-state index is 11.9. The van der Waals surface area contributed by atoms with Crippen LogP contribution in [-0.2, 0) is 4.74 Å². The molecule has 0 radical (unpaired) electrons. The summed E-state index contributed by atoms with van der Waals surface area (Å²) in [7, 11) is 1.36. The van der Waals surface area contributed by atoms with Crippen LogP contribution >= 0.6 is 0 Å². The molecule has 0 spiro atoms. The van der Waals surface area contributed by atoms with E-state index in [1.54, 1.807) is 4.68 Å². The van der Waals surface area contributed by atoms with Crippen molar-refractivity contribution in [3.05, 3.63) is 41.1 Å². The Hall–Kier alpha value is -2.30. The van der Waals surface area contributed by atoms with Crippen molar-refractivity contribution in [2.75, 3.05) is 12.8 Å². The van der Waals surface area contributed by atoms with Crippen molar-refractivity contribution in [1.29, 1.82) is 0 Å². The molecular formula is C15H17N3O2. The summed E-state index contributed by atoms with van der Waals surface area (Å²) in [4.78, 5) is 11.9. The molecule has 5 nitrogen and oxygen atoms in total. The number of anilines is 1. The van der Waals surface area contributed by atoms with Gasteiger partial charge in [0.1, 0.15) is 5.82 Å². The predicted octanol–water partition coefficient (Wildman–Crippen LogP) is 2.43. The van der Waals surface area contributed by atoms with E-state index in [-0.39, 0.29) is 0 Å². The second-order valence-corrected chi connectivity index (χ2v) is 5.16. The number of benzene rings is 1. The van der Waals surface area contributed by atoms with Crippen LogP contribution in [0.1, 0.15) is 40.4 Å². The topological polar surface area (TPSA) is 70.1 Å². The molecule has 1 fully saturated rings. The number of aromatic nitrogens is 2. The minimum Gasteiger partial charge on any atom is -0.464 e. The van der Waals surface area contributed by atoms with Crippen LogP contribution in [0.5, 0.6) is 0 Å². The average Bonchev–Trinajstić information content (AvgIpc) is 3.23. The molecule has 1 saturated carbocycles. The van der Waals surface area contributed by atoms with Gasteiger partial charge < -0.3 is 10.5 Å². The molecular weight excluding hydrogens is 254 g/mol. The number of hydrogen-bond donors (Lipinski definition) is 1. The van der Waals surface area contributed by atoms with Crippen molar-refractivity contribution < 1.29 is 9.53 Å². The van der Waals surface area contributed by atoms with Crippen LogP contribution in [0.15, 0.2) is 24.3 Å². The summed E-state index contributed by atoms with van der Waals surface area (Å²) in [5.41, 5.74) is 9.39. The third kappa shape index (κ3) is 2.05. The van der Waals surface area contributed by atoms with Crippen LogP contribution in [0.2, 0.25) is 0 Å². The second-order valence-electron chi connectivity index (χ2n) is 5.16. The third-order valence-corrected chi connectivity index (χ3v) is 3.60. The molecule has 2 aromatic rings. The zero-order chi connectivity index (χ0) is 14.3. The Morgan fingerprint density at radius 3 is 2.55 bits per heavy atom. The van der Waals surface area contributed by atoms with Crippen LogP contribution in [0.3, 0.4) is 0 Å². The van der Waals surface area contributed by atoms with Gasteiger partial charge in [0.05, 0.1) is 12.8 Å². The van der Waals surface area contributed by atoms with Crippen molar-refractivity contribution in [2.24, 2.45) is 0 Å². The number of ether oxygens (including phenoxy) is 1. The Morgan fingerprint density at radius 1 is 1.35 bits per heavy atom. The fraction of sp³-hybridized carbons (Fsp3) is 0.333. The highest BCUT2D eigenvalue weighted by Gasteiger charge is 2.34. The molecule has 0 bridgehead atoms. The van der Waals surface area contributed by atoms with Crippen LogP contribution < -0.4 is 5.73 Å². The first kappa shape index (κ1) is 12.7. The van der Waals surface area contributed by atoms with Crippen molar-refractivity contribution in [2.45, 2.75) is 25.7 Å². The minimum atomic E-state index is -0.426. The summed E-state index contributed by atoms with van der Waals surface area (Å²) >= 11 is 0. The Balaban J connectivity index is 2.12. The number of carbonyl (C=O) groups is 1. The normalized spacial score (nSPS) is 14.3. The van der Waals surface area contributed by atoms with Crippen molar-refractivity contribution in [3.63, 3.8) is 0 Å². The van der Waals surface area contributed by atoms with Gasteiger partial charge in [0.25, 0.3) is 0 Å². The fourth-order valence-electron chi connectivity index (χ4n) is 2.35. The van der Waals surface area contributed by atoms with Gasteiger partial charge in [-0.1, -0.05) is 17.7 Å². The van der Waals surface area contributed by atoms with Crippen LogP contribution in [0.25, 0.3) is 5.69 Å². The maximum absolute atomic E-state index is 11.9. The Labute approximate surface area is 117 Å². The van der Waals surface area contributed by atoms with E-state index >= 15 is 0 Å². The Morgan fingerprint density at radius 2 is 2.00 bits per heavy atom. The fourth-order valence-corrected chi connectivity index (χ4v) is 2.35.